The summed E-state index contributed by atoms with van der Waals surface area (Å²) in [6.45, 7) is 4.09. The summed E-state index contributed by atoms with van der Waals surface area (Å²) in [5.74, 6) is 1.47. The standard InChI is InChI=1S/C15H25N3/c1-12-6-7-13(10-16)15(9-12)18(2)11-14-5-3-4-8-17-14/h3-5,8,12-13,15H,6-7,9-11,16H2,1-2H3. The summed E-state index contributed by atoms with van der Waals surface area (Å²) in [6.07, 6.45) is 5.74. The molecule has 1 aliphatic carbocycles. The number of aromatic nitrogens is 1. The molecule has 2 rings (SSSR count). The van der Waals surface area contributed by atoms with Crippen molar-refractivity contribution in [3.8, 4) is 0 Å². The highest BCUT2D eigenvalue weighted by Crippen LogP contribution is 2.31. The van der Waals surface area contributed by atoms with Crippen LogP contribution in [-0.2, 0) is 6.54 Å². The second-order valence-corrected chi connectivity index (χ2v) is 5.72. The Morgan fingerprint density at radius 3 is 2.89 bits per heavy atom. The van der Waals surface area contributed by atoms with E-state index in [1.807, 2.05) is 12.3 Å². The lowest BCUT2D eigenvalue weighted by Gasteiger charge is -2.40. The largest absolute Gasteiger partial charge is 0.330 e. The molecule has 1 aliphatic rings. The van der Waals surface area contributed by atoms with Gasteiger partial charge < -0.3 is 5.73 Å². The second kappa shape index (κ2) is 6.30. The van der Waals surface area contributed by atoms with Crippen LogP contribution in [0.5, 0.6) is 0 Å². The van der Waals surface area contributed by atoms with E-state index in [1.54, 1.807) is 0 Å². The van der Waals surface area contributed by atoms with Crippen molar-refractivity contribution in [2.45, 2.75) is 38.8 Å². The highest BCUT2D eigenvalue weighted by Gasteiger charge is 2.30. The molecular weight excluding hydrogens is 222 g/mol. The van der Waals surface area contributed by atoms with Crippen LogP contribution in [0.2, 0.25) is 0 Å². The Morgan fingerprint density at radius 2 is 2.22 bits per heavy atom. The maximum Gasteiger partial charge on any atom is 0.0543 e. The fourth-order valence-electron chi connectivity index (χ4n) is 3.09. The zero-order valence-corrected chi connectivity index (χ0v) is 11.5. The van der Waals surface area contributed by atoms with Crippen LogP contribution in [0.15, 0.2) is 24.4 Å². The minimum Gasteiger partial charge on any atom is -0.330 e. The number of pyridine rings is 1. The third-order valence-electron chi connectivity index (χ3n) is 4.22. The molecule has 18 heavy (non-hydrogen) atoms. The summed E-state index contributed by atoms with van der Waals surface area (Å²) >= 11 is 0. The third kappa shape index (κ3) is 3.30. The van der Waals surface area contributed by atoms with Crippen LogP contribution in [0, 0.1) is 11.8 Å². The Labute approximate surface area is 110 Å². The van der Waals surface area contributed by atoms with Gasteiger partial charge in [-0.25, -0.2) is 0 Å². The van der Waals surface area contributed by atoms with Crippen LogP contribution < -0.4 is 5.73 Å². The lowest BCUT2D eigenvalue weighted by molar-refractivity contribution is 0.102. The summed E-state index contributed by atoms with van der Waals surface area (Å²) in [5, 5.41) is 0. The van der Waals surface area contributed by atoms with Crippen LogP contribution in [0.25, 0.3) is 0 Å². The zero-order chi connectivity index (χ0) is 13.0. The Kier molecular flexibility index (Phi) is 4.72. The molecule has 0 bridgehead atoms. The number of hydrogen-bond donors (Lipinski definition) is 1. The van der Waals surface area contributed by atoms with E-state index in [0.29, 0.717) is 12.0 Å². The minimum absolute atomic E-state index is 0.612. The van der Waals surface area contributed by atoms with Gasteiger partial charge in [0.25, 0.3) is 0 Å². The Bertz CT molecular complexity index is 352. The number of rotatable bonds is 4. The smallest absolute Gasteiger partial charge is 0.0543 e. The molecule has 0 spiro atoms. The van der Waals surface area contributed by atoms with E-state index in [9.17, 15) is 0 Å². The van der Waals surface area contributed by atoms with Crippen LogP contribution in [-0.4, -0.2) is 29.5 Å². The highest BCUT2D eigenvalue weighted by atomic mass is 15.1. The Hall–Kier alpha value is -0.930. The molecule has 3 unspecified atom stereocenters. The highest BCUT2D eigenvalue weighted by molar-refractivity contribution is 5.03. The normalized spacial score (nSPS) is 28.6. The van der Waals surface area contributed by atoms with Crippen molar-refractivity contribution < 1.29 is 0 Å². The van der Waals surface area contributed by atoms with E-state index in [2.05, 4.69) is 36.0 Å². The summed E-state index contributed by atoms with van der Waals surface area (Å²) < 4.78 is 0. The van der Waals surface area contributed by atoms with Gasteiger partial charge >= 0.3 is 0 Å². The summed E-state index contributed by atoms with van der Waals surface area (Å²) in [7, 11) is 2.21. The first-order chi connectivity index (χ1) is 8.70. The monoisotopic (exact) mass is 247 g/mol. The number of hydrogen-bond acceptors (Lipinski definition) is 3. The molecule has 0 amide bonds. The predicted molar refractivity (Wildman–Crippen MR) is 75.1 cm³/mol. The van der Waals surface area contributed by atoms with Gasteiger partial charge in [0.1, 0.15) is 0 Å². The maximum atomic E-state index is 5.93. The van der Waals surface area contributed by atoms with Gasteiger partial charge in [0.05, 0.1) is 5.69 Å². The van der Waals surface area contributed by atoms with Gasteiger partial charge in [-0.1, -0.05) is 19.4 Å². The van der Waals surface area contributed by atoms with Crippen LogP contribution >= 0.6 is 0 Å². The fraction of sp³-hybridized carbons (Fsp3) is 0.667. The van der Waals surface area contributed by atoms with E-state index in [0.717, 1.165) is 24.7 Å². The average molecular weight is 247 g/mol. The summed E-state index contributed by atoms with van der Waals surface area (Å²) in [6, 6.07) is 6.73. The van der Waals surface area contributed by atoms with E-state index < -0.39 is 0 Å². The molecule has 3 atom stereocenters. The van der Waals surface area contributed by atoms with E-state index in [1.165, 1.54) is 19.3 Å². The molecule has 1 aromatic rings. The van der Waals surface area contributed by atoms with Gasteiger partial charge in [-0.05, 0) is 50.4 Å². The van der Waals surface area contributed by atoms with Gasteiger partial charge in [0.15, 0.2) is 0 Å². The first-order valence-corrected chi connectivity index (χ1v) is 7.01. The van der Waals surface area contributed by atoms with Crippen molar-refractivity contribution in [2.24, 2.45) is 17.6 Å². The van der Waals surface area contributed by atoms with Gasteiger partial charge in [-0.3, -0.25) is 9.88 Å². The van der Waals surface area contributed by atoms with Crippen LogP contribution in [0.4, 0.5) is 0 Å². The third-order valence-corrected chi connectivity index (χ3v) is 4.22. The van der Waals surface area contributed by atoms with Crippen molar-refractivity contribution in [1.29, 1.82) is 0 Å². The van der Waals surface area contributed by atoms with E-state index in [4.69, 9.17) is 5.73 Å². The van der Waals surface area contributed by atoms with Gasteiger partial charge in [-0.15, -0.1) is 0 Å². The fourth-order valence-corrected chi connectivity index (χ4v) is 3.09. The molecule has 2 N–H and O–H groups in total. The maximum absolute atomic E-state index is 5.93. The topological polar surface area (TPSA) is 42.1 Å². The molecule has 0 aromatic carbocycles. The minimum atomic E-state index is 0.612. The SMILES string of the molecule is CC1CCC(CN)C(N(C)Cc2ccccn2)C1. The summed E-state index contributed by atoms with van der Waals surface area (Å²) in [5.41, 5.74) is 7.08. The van der Waals surface area contributed by atoms with Gasteiger partial charge in [0.2, 0.25) is 0 Å². The summed E-state index contributed by atoms with van der Waals surface area (Å²) in [4.78, 5) is 6.85. The quantitative estimate of drug-likeness (QED) is 0.887. The molecule has 3 heteroatoms. The predicted octanol–water partition coefficient (Wildman–Crippen LogP) is 2.28. The molecule has 1 fully saturated rings. The van der Waals surface area contributed by atoms with Crippen molar-refractivity contribution in [3.63, 3.8) is 0 Å². The van der Waals surface area contributed by atoms with E-state index in [-0.39, 0.29) is 0 Å². The van der Waals surface area contributed by atoms with Crippen LogP contribution in [0.1, 0.15) is 31.9 Å². The molecule has 100 valence electrons. The molecule has 1 saturated carbocycles. The van der Waals surface area contributed by atoms with Gasteiger partial charge in [-0.2, -0.15) is 0 Å². The van der Waals surface area contributed by atoms with Crippen molar-refractivity contribution in [2.75, 3.05) is 13.6 Å². The first-order valence-electron chi connectivity index (χ1n) is 7.01. The molecular formula is C15H25N3. The van der Waals surface area contributed by atoms with Crippen molar-refractivity contribution >= 4 is 0 Å². The van der Waals surface area contributed by atoms with Gasteiger partial charge in [0, 0.05) is 18.8 Å². The number of nitrogens with two attached hydrogens (primary N) is 1. The van der Waals surface area contributed by atoms with Crippen molar-refractivity contribution in [1.82, 2.24) is 9.88 Å². The Balaban J connectivity index is 1.99. The molecule has 1 heterocycles. The van der Waals surface area contributed by atoms with Crippen LogP contribution in [0.3, 0.4) is 0 Å². The molecule has 0 radical (unpaired) electrons. The average Bonchev–Trinajstić information content (AvgIpc) is 2.40. The molecule has 0 aliphatic heterocycles. The Morgan fingerprint density at radius 1 is 1.39 bits per heavy atom. The lowest BCUT2D eigenvalue weighted by Crippen LogP contribution is -2.44. The molecule has 0 saturated heterocycles. The molecule has 3 nitrogen and oxygen atoms in total. The van der Waals surface area contributed by atoms with Crippen molar-refractivity contribution in [3.05, 3.63) is 30.1 Å². The molecule has 1 aromatic heterocycles. The number of nitrogens with zero attached hydrogens (tertiary/aromatic N) is 2. The lowest BCUT2D eigenvalue weighted by atomic mass is 9.78. The zero-order valence-electron chi connectivity index (χ0n) is 11.5. The second-order valence-electron chi connectivity index (χ2n) is 5.72. The first kappa shape index (κ1) is 13.5. The van der Waals surface area contributed by atoms with E-state index >= 15 is 0 Å².